The Hall–Kier alpha value is -2.25. The van der Waals surface area contributed by atoms with Crippen LogP contribution in [0.25, 0.3) is 0 Å². The van der Waals surface area contributed by atoms with E-state index in [1.54, 1.807) is 18.2 Å². The molecule has 0 radical (unpaired) electrons. The molecular weight excluding hydrogens is 325 g/mol. The SMILES string of the molecule is O=C(N1CCC1)N1C[C@@H](c2ccccc2)[C@@](C(=O)O)(C(F)(F)F)C1. The van der Waals surface area contributed by atoms with Gasteiger partial charge in [0.05, 0.1) is 0 Å². The summed E-state index contributed by atoms with van der Waals surface area (Å²) in [5, 5.41) is 9.47. The minimum atomic E-state index is -4.97. The highest BCUT2D eigenvalue weighted by Gasteiger charge is 2.69. The van der Waals surface area contributed by atoms with Gasteiger partial charge in [0, 0.05) is 32.1 Å². The van der Waals surface area contributed by atoms with Crippen molar-refractivity contribution in [1.82, 2.24) is 9.80 Å². The van der Waals surface area contributed by atoms with Crippen LogP contribution in [-0.4, -0.2) is 59.3 Å². The van der Waals surface area contributed by atoms with E-state index in [2.05, 4.69) is 0 Å². The summed E-state index contributed by atoms with van der Waals surface area (Å²) >= 11 is 0. The van der Waals surface area contributed by atoms with Gasteiger partial charge >= 0.3 is 18.2 Å². The maximum atomic E-state index is 13.8. The Morgan fingerprint density at radius 3 is 2.21 bits per heavy atom. The number of halogens is 3. The van der Waals surface area contributed by atoms with Crippen LogP contribution in [0.15, 0.2) is 30.3 Å². The van der Waals surface area contributed by atoms with Gasteiger partial charge in [-0.3, -0.25) is 4.79 Å². The Bertz CT molecular complexity index is 646. The number of hydrogen-bond donors (Lipinski definition) is 1. The van der Waals surface area contributed by atoms with Gasteiger partial charge in [0.2, 0.25) is 0 Å². The Balaban J connectivity index is 2.02. The third-order valence-corrected chi connectivity index (χ3v) is 4.92. The zero-order valence-corrected chi connectivity index (χ0v) is 12.8. The molecule has 2 aliphatic heterocycles. The lowest BCUT2D eigenvalue weighted by molar-refractivity contribution is -0.231. The van der Waals surface area contributed by atoms with E-state index in [0.717, 1.165) is 11.3 Å². The number of benzene rings is 1. The summed E-state index contributed by atoms with van der Waals surface area (Å²) in [6, 6.07) is 7.22. The molecule has 130 valence electrons. The number of amides is 2. The fourth-order valence-electron chi connectivity index (χ4n) is 3.41. The van der Waals surface area contributed by atoms with Gasteiger partial charge < -0.3 is 14.9 Å². The van der Waals surface area contributed by atoms with Gasteiger partial charge in [-0.15, -0.1) is 0 Å². The molecule has 2 amide bonds. The third-order valence-electron chi connectivity index (χ3n) is 4.92. The molecule has 0 aliphatic carbocycles. The zero-order chi connectivity index (χ0) is 17.5. The molecule has 2 saturated heterocycles. The number of nitrogens with zero attached hydrogens (tertiary/aromatic N) is 2. The molecule has 5 nitrogen and oxygen atoms in total. The fraction of sp³-hybridized carbons (Fsp3) is 0.500. The number of alkyl halides is 3. The van der Waals surface area contributed by atoms with E-state index in [-0.39, 0.29) is 12.1 Å². The number of aliphatic carboxylic acids is 1. The number of carbonyl (C=O) groups is 2. The van der Waals surface area contributed by atoms with Crippen LogP contribution < -0.4 is 0 Å². The van der Waals surface area contributed by atoms with Crippen molar-refractivity contribution in [3.63, 3.8) is 0 Å². The summed E-state index contributed by atoms with van der Waals surface area (Å²) in [4.78, 5) is 26.5. The summed E-state index contributed by atoms with van der Waals surface area (Å²) < 4.78 is 41.4. The molecule has 0 spiro atoms. The number of urea groups is 1. The van der Waals surface area contributed by atoms with Crippen LogP contribution in [0.1, 0.15) is 17.9 Å². The molecule has 0 unspecified atom stereocenters. The highest BCUT2D eigenvalue weighted by Crippen LogP contribution is 2.53. The van der Waals surface area contributed by atoms with Gasteiger partial charge in [-0.25, -0.2) is 4.79 Å². The molecule has 0 bridgehead atoms. The van der Waals surface area contributed by atoms with E-state index in [1.807, 2.05) is 0 Å². The second kappa shape index (κ2) is 5.68. The maximum Gasteiger partial charge on any atom is 0.407 e. The largest absolute Gasteiger partial charge is 0.481 e. The number of likely N-dealkylation sites (tertiary alicyclic amines) is 2. The lowest BCUT2D eigenvalue weighted by atomic mass is 9.74. The fourth-order valence-corrected chi connectivity index (χ4v) is 3.41. The minimum Gasteiger partial charge on any atom is -0.481 e. The molecule has 3 rings (SSSR count). The van der Waals surface area contributed by atoms with Crippen LogP contribution >= 0.6 is 0 Å². The number of carboxylic acid groups (broad SMARTS) is 1. The first-order valence-electron chi connectivity index (χ1n) is 7.66. The average Bonchev–Trinajstić information content (AvgIpc) is 2.88. The van der Waals surface area contributed by atoms with Crippen molar-refractivity contribution in [2.75, 3.05) is 26.2 Å². The molecule has 1 aromatic carbocycles. The van der Waals surface area contributed by atoms with Crippen LogP contribution in [-0.2, 0) is 4.79 Å². The molecule has 24 heavy (non-hydrogen) atoms. The van der Waals surface area contributed by atoms with Crippen molar-refractivity contribution in [3.8, 4) is 0 Å². The van der Waals surface area contributed by atoms with Gasteiger partial charge in [0.1, 0.15) is 0 Å². The van der Waals surface area contributed by atoms with Crippen LogP contribution in [0.3, 0.4) is 0 Å². The van der Waals surface area contributed by atoms with Crippen LogP contribution in [0, 0.1) is 5.41 Å². The molecule has 0 saturated carbocycles. The first kappa shape index (κ1) is 16.6. The Morgan fingerprint density at radius 1 is 1.12 bits per heavy atom. The predicted octanol–water partition coefficient (Wildman–Crippen LogP) is 2.54. The van der Waals surface area contributed by atoms with Crippen molar-refractivity contribution in [1.29, 1.82) is 0 Å². The molecule has 2 aliphatic rings. The standard InChI is InChI=1S/C16H17F3N2O3/c17-16(18,19)15(13(22)23)10-21(14(24)20-7-4-8-20)9-12(15)11-5-2-1-3-6-11/h1-3,5-6,12H,4,7-10H2,(H,22,23)/t12-,15-/m0/s1. The average molecular weight is 342 g/mol. The molecule has 1 aromatic rings. The number of rotatable bonds is 2. The van der Waals surface area contributed by atoms with Gasteiger partial charge in [-0.2, -0.15) is 13.2 Å². The molecule has 8 heteroatoms. The highest BCUT2D eigenvalue weighted by molar-refractivity contribution is 5.82. The summed E-state index contributed by atoms with van der Waals surface area (Å²) in [6.45, 7) is -0.124. The van der Waals surface area contributed by atoms with Crippen molar-refractivity contribution in [3.05, 3.63) is 35.9 Å². The van der Waals surface area contributed by atoms with Gasteiger partial charge in [-0.1, -0.05) is 30.3 Å². The second-order valence-electron chi connectivity index (χ2n) is 6.24. The van der Waals surface area contributed by atoms with Crippen LogP contribution in [0.4, 0.5) is 18.0 Å². The third kappa shape index (κ3) is 2.40. The van der Waals surface area contributed by atoms with Crippen LogP contribution in [0.5, 0.6) is 0 Å². The predicted molar refractivity (Wildman–Crippen MR) is 78.5 cm³/mol. The van der Waals surface area contributed by atoms with E-state index < -0.39 is 36.1 Å². The second-order valence-corrected chi connectivity index (χ2v) is 6.24. The van der Waals surface area contributed by atoms with E-state index in [9.17, 15) is 27.9 Å². The summed E-state index contributed by atoms with van der Waals surface area (Å²) in [5.74, 6) is -3.27. The molecule has 2 heterocycles. The lowest BCUT2D eigenvalue weighted by Gasteiger charge is -2.35. The van der Waals surface area contributed by atoms with E-state index in [4.69, 9.17) is 0 Å². The first-order valence-corrected chi connectivity index (χ1v) is 7.66. The Kier molecular flexibility index (Phi) is 3.93. The smallest absolute Gasteiger partial charge is 0.407 e. The van der Waals surface area contributed by atoms with E-state index in [1.165, 1.54) is 17.0 Å². The van der Waals surface area contributed by atoms with Gasteiger partial charge in [-0.05, 0) is 12.0 Å². The zero-order valence-electron chi connectivity index (χ0n) is 12.8. The summed E-state index contributed by atoms with van der Waals surface area (Å²) in [6.07, 6.45) is -4.16. The molecule has 0 aromatic heterocycles. The van der Waals surface area contributed by atoms with E-state index in [0.29, 0.717) is 13.1 Å². The van der Waals surface area contributed by atoms with Crippen LogP contribution in [0.2, 0.25) is 0 Å². The summed E-state index contributed by atoms with van der Waals surface area (Å²) in [7, 11) is 0. The Morgan fingerprint density at radius 2 is 1.75 bits per heavy atom. The number of carboxylic acids is 1. The maximum absolute atomic E-state index is 13.8. The van der Waals surface area contributed by atoms with Crippen molar-refractivity contribution in [2.45, 2.75) is 18.5 Å². The van der Waals surface area contributed by atoms with Crippen molar-refractivity contribution in [2.24, 2.45) is 5.41 Å². The normalized spacial score (nSPS) is 27.0. The van der Waals surface area contributed by atoms with E-state index >= 15 is 0 Å². The Labute approximate surface area is 136 Å². The van der Waals surface area contributed by atoms with Crippen molar-refractivity contribution < 1.29 is 27.9 Å². The summed E-state index contributed by atoms with van der Waals surface area (Å²) in [5.41, 5.74) is -2.72. The molecule has 2 fully saturated rings. The topological polar surface area (TPSA) is 60.9 Å². The minimum absolute atomic E-state index is 0.259. The molecular formula is C16H17F3N2O3. The molecule has 2 atom stereocenters. The van der Waals surface area contributed by atoms with Gasteiger partial charge in [0.25, 0.3) is 0 Å². The number of carbonyl (C=O) groups excluding carboxylic acids is 1. The quantitative estimate of drug-likeness (QED) is 0.898. The van der Waals surface area contributed by atoms with Gasteiger partial charge in [0.15, 0.2) is 5.41 Å². The number of hydrogen-bond acceptors (Lipinski definition) is 2. The van der Waals surface area contributed by atoms with Crippen molar-refractivity contribution >= 4 is 12.0 Å². The first-order chi connectivity index (χ1) is 11.3. The monoisotopic (exact) mass is 342 g/mol. The highest BCUT2D eigenvalue weighted by atomic mass is 19.4. The lowest BCUT2D eigenvalue weighted by Crippen LogP contribution is -2.53. The molecule has 1 N–H and O–H groups in total.